The lowest BCUT2D eigenvalue weighted by Gasteiger charge is -2.28. The van der Waals surface area contributed by atoms with Gasteiger partial charge in [-0.2, -0.15) is 5.10 Å². The molecule has 0 bridgehead atoms. The number of carbonyl (C=O) groups excluding carboxylic acids is 1. The molecule has 100 valence electrons. The molecule has 1 aliphatic carbocycles. The van der Waals surface area contributed by atoms with E-state index < -0.39 is 6.10 Å². The van der Waals surface area contributed by atoms with Crippen LogP contribution >= 0.6 is 0 Å². The van der Waals surface area contributed by atoms with E-state index >= 15 is 0 Å². The smallest absolute Gasteiger partial charge is 0.269 e. The van der Waals surface area contributed by atoms with Gasteiger partial charge in [-0.3, -0.25) is 9.48 Å². The van der Waals surface area contributed by atoms with Crippen LogP contribution in [0.2, 0.25) is 0 Å². The molecule has 0 aliphatic heterocycles. The monoisotopic (exact) mass is 251 g/mol. The Bertz CT molecular complexity index is 428. The third kappa shape index (κ3) is 2.72. The highest BCUT2D eigenvalue weighted by atomic mass is 16.3. The second-order valence-corrected chi connectivity index (χ2v) is 4.93. The fourth-order valence-electron chi connectivity index (χ4n) is 2.43. The fraction of sp³-hybridized carbons (Fsp3) is 0.692. The van der Waals surface area contributed by atoms with Crippen molar-refractivity contribution in [2.75, 3.05) is 0 Å². The molecule has 1 aromatic rings. The minimum Gasteiger partial charge on any atom is -0.391 e. The number of nitrogens with one attached hydrogen (secondary N) is 1. The maximum absolute atomic E-state index is 12.1. The zero-order valence-electron chi connectivity index (χ0n) is 11.0. The summed E-state index contributed by atoms with van der Waals surface area (Å²) in [4.78, 5) is 12.1. The van der Waals surface area contributed by atoms with E-state index in [-0.39, 0.29) is 11.9 Å². The van der Waals surface area contributed by atoms with Crippen molar-refractivity contribution in [2.24, 2.45) is 7.05 Å². The first kappa shape index (κ1) is 13.1. The van der Waals surface area contributed by atoms with Crippen molar-refractivity contribution >= 4 is 5.91 Å². The molecule has 5 heteroatoms. The van der Waals surface area contributed by atoms with Crippen LogP contribution in [0.3, 0.4) is 0 Å². The Kier molecular flexibility index (Phi) is 4.01. The molecule has 5 nitrogen and oxygen atoms in total. The molecule has 1 saturated carbocycles. The zero-order valence-corrected chi connectivity index (χ0v) is 11.0. The highest BCUT2D eigenvalue weighted by Crippen LogP contribution is 2.18. The number of aliphatic hydroxyl groups is 1. The van der Waals surface area contributed by atoms with Gasteiger partial charge in [0, 0.05) is 7.05 Å². The van der Waals surface area contributed by atoms with Crippen LogP contribution in [0.5, 0.6) is 0 Å². The van der Waals surface area contributed by atoms with Crippen molar-refractivity contribution in [1.82, 2.24) is 15.1 Å². The van der Waals surface area contributed by atoms with Crippen molar-refractivity contribution in [3.8, 4) is 0 Å². The van der Waals surface area contributed by atoms with Gasteiger partial charge in [-0.1, -0.05) is 19.8 Å². The maximum Gasteiger partial charge on any atom is 0.269 e. The van der Waals surface area contributed by atoms with Crippen LogP contribution in [0.1, 0.15) is 48.8 Å². The molecule has 1 aliphatic rings. The van der Waals surface area contributed by atoms with Gasteiger partial charge >= 0.3 is 0 Å². The van der Waals surface area contributed by atoms with Crippen LogP contribution in [0, 0.1) is 0 Å². The van der Waals surface area contributed by atoms with Crippen molar-refractivity contribution in [3.63, 3.8) is 0 Å². The maximum atomic E-state index is 12.1. The largest absolute Gasteiger partial charge is 0.391 e. The van der Waals surface area contributed by atoms with E-state index in [1.807, 2.05) is 13.0 Å². The summed E-state index contributed by atoms with van der Waals surface area (Å²) in [6, 6.07) is 1.69. The SMILES string of the molecule is CCc1cc(C(=O)N[C@@H]2CCCC[C@H]2O)n(C)n1. The van der Waals surface area contributed by atoms with Crippen molar-refractivity contribution in [1.29, 1.82) is 0 Å². The standard InChI is InChI=1S/C13H21N3O2/c1-3-9-8-11(16(2)15-9)13(18)14-10-6-4-5-7-12(10)17/h8,10,12,17H,3-7H2,1-2H3,(H,14,18)/t10-,12-/m1/s1. The summed E-state index contributed by atoms with van der Waals surface area (Å²) in [6.45, 7) is 2.01. The van der Waals surface area contributed by atoms with Crippen molar-refractivity contribution < 1.29 is 9.90 Å². The van der Waals surface area contributed by atoms with Gasteiger partial charge in [0.05, 0.1) is 17.8 Å². The quantitative estimate of drug-likeness (QED) is 0.842. The first-order valence-electron chi connectivity index (χ1n) is 6.63. The Balaban J connectivity index is 2.04. The first-order valence-corrected chi connectivity index (χ1v) is 6.63. The van der Waals surface area contributed by atoms with E-state index in [1.54, 1.807) is 11.7 Å². The Morgan fingerprint density at radius 3 is 2.89 bits per heavy atom. The molecule has 18 heavy (non-hydrogen) atoms. The molecule has 2 rings (SSSR count). The van der Waals surface area contributed by atoms with Crippen LogP contribution in [0.15, 0.2) is 6.07 Å². The second-order valence-electron chi connectivity index (χ2n) is 4.93. The fourth-order valence-corrected chi connectivity index (χ4v) is 2.43. The number of amides is 1. The molecule has 0 unspecified atom stereocenters. The molecule has 1 heterocycles. The number of rotatable bonds is 3. The Labute approximate surface area is 107 Å². The molecular weight excluding hydrogens is 230 g/mol. The van der Waals surface area contributed by atoms with Gasteiger partial charge < -0.3 is 10.4 Å². The number of hydrogen-bond acceptors (Lipinski definition) is 3. The van der Waals surface area contributed by atoms with Gasteiger partial charge in [0.15, 0.2) is 0 Å². The lowest BCUT2D eigenvalue weighted by atomic mass is 9.92. The third-order valence-corrected chi connectivity index (χ3v) is 3.57. The Morgan fingerprint density at radius 2 is 2.28 bits per heavy atom. The van der Waals surface area contributed by atoms with Gasteiger partial charge in [0.1, 0.15) is 5.69 Å². The lowest BCUT2D eigenvalue weighted by Crippen LogP contribution is -2.45. The van der Waals surface area contributed by atoms with Crippen molar-refractivity contribution in [2.45, 2.75) is 51.2 Å². The molecular formula is C13H21N3O2. The predicted molar refractivity (Wildman–Crippen MR) is 68.3 cm³/mol. The number of aromatic nitrogens is 2. The molecule has 1 fully saturated rings. The van der Waals surface area contributed by atoms with E-state index in [0.717, 1.165) is 37.8 Å². The average Bonchev–Trinajstić information content (AvgIpc) is 2.73. The predicted octanol–water partition coefficient (Wildman–Crippen LogP) is 1.02. The number of hydrogen-bond donors (Lipinski definition) is 2. The molecule has 0 saturated heterocycles. The van der Waals surface area contributed by atoms with Crippen LogP contribution < -0.4 is 5.32 Å². The van der Waals surface area contributed by atoms with Crippen LogP contribution in [0.4, 0.5) is 0 Å². The van der Waals surface area contributed by atoms with Gasteiger partial charge in [-0.05, 0) is 25.3 Å². The molecule has 2 N–H and O–H groups in total. The van der Waals surface area contributed by atoms with Crippen LogP contribution in [-0.4, -0.2) is 32.9 Å². The number of nitrogens with zero attached hydrogens (tertiary/aromatic N) is 2. The normalized spacial score (nSPS) is 23.9. The molecule has 1 amide bonds. The summed E-state index contributed by atoms with van der Waals surface area (Å²) in [7, 11) is 1.77. The van der Waals surface area contributed by atoms with Gasteiger partial charge in [-0.25, -0.2) is 0 Å². The summed E-state index contributed by atoms with van der Waals surface area (Å²) >= 11 is 0. The number of carbonyl (C=O) groups is 1. The molecule has 2 atom stereocenters. The van der Waals surface area contributed by atoms with E-state index in [9.17, 15) is 9.90 Å². The van der Waals surface area contributed by atoms with E-state index in [1.165, 1.54) is 0 Å². The first-order chi connectivity index (χ1) is 8.61. The minimum absolute atomic E-state index is 0.119. The minimum atomic E-state index is -0.415. The van der Waals surface area contributed by atoms with Crippen molar-refractivity contribution in [3.05, 3.63) is 17.5 Å². The summed E-state index contributed by atoms with van der Waals surface area (Å²) in [5.74, 6) is -0.143. The van der Waals surface area contributed by atoms with Crippen LogP contribution in [-0.2, 0) is 13.5 Å². The van der Waals surface area contributed by atoms with Gasteiger partial charge in [-0.15, -0.1) is 0 Å². The highest BCUT2D eigenvalue weighted by molar-refractivity contribution is 5.92. The molecule has 0 aromatic carbocycles. The summed E-state index contributed by atoms with van der Waals surface area (Å²) in [6.07, 6.45) is 4.13. The molecule has 0 radical (unpaired) electrons. The second kappa shape index (κ2) is 5.52. The average molecular weight is 251 g/mol. The highest BCUT2D eigenvalue weighted by Gasteiger charge is 2.25. The summed E-state index contributed by atoms with van der Waals surface area (Å²) < 4.78 is 1.60. The lowest BCUT2D eigenvalue weighted by molar-refractivity contribution is 0.0710. The van der Waals surface area contributed by atoms with E-state index in [0.29, 0.717) is 5.69 Å². The summed E-state index contributed by atoms with van der Waals surface area (Å²) in [5, 5.41) is 17.0. The summed E-state index contributed by atoms with van der Waals surface area (Å²) in [5.41, 5.74) is 1.47. The van der Waals surface area contributed by atoms with Gasteiger partial charge in [0.25, 0.3) is 5.91 Å². The van der Waals surface area contributed by atoms with Crippen LogP contribution in [0.25, 0.3) is 0 Å². The van der Waals surface area contributed by atoms with E-state index in [4.69, 9.17) is 0 Å². The number of aryl methyl sites for hydroxylation is 2. The van der Waals surface area contributed by atoms with Gasteiger partial charge in [0.2, 0.25) is 0 Å². The van der Waals surface area contributed by atoms with E-state index in [2.05, 4.69) is 10.4 Å². The third-order valence-electron chi connectivity index (χ3n) is 3.57. The molecule has 0 spiro atoms. The topological polar surface area (TPSA) is 67.2 Å². The molecule has 1 aromatic heterocycles. The number of aliphatic hydroxyl groups excluding tert-OH is 1. The Morgan fingerprint density at radius 1 is 1.56 bits per heavy atom. The zero-order chi connectivity index (χ0) is 13.1. The Hall–Kier alpha value is -1.36.